The summed E-state index contributed by atoms with van der Waals surface area (Å²) in [6.07, 6.45) is 3.21. The Morgan fingerprint density at radius 1 is 0.972 bits per heavy atom. The monoisotopic (exact) mass is 531 g/mol. The van der Waals surface area contributed by atoms with Crippen LogP contribution in [0.4, 0.5) is 10.8 Å². The van der Waals surface area contributed by atoms with Gasteiger partial charge in [0.15, 0.2) is 5.13 Å². The number of aromatic nitrogens is 3. The normalized spacial score (nSPS) is 11.7. The summed E-state index contributed by atoms with van der Waals surface area (Å²) in [5.74, 6) is -0.308. The van der Waals surface area contributed by atoms with Crippen LogP contribution in [0.2, 0.25) is 0 Å². The molecule has 3 aromatic heterocycles. The van der Waals surface area contributed by atoms with Gasteiger partial charge in [-0.1, -0.05) is 18.2 Å². The van der Waals surface area contributed by atoms with Crippen molar-refractivity contribution >= 4 is 70.4 Å². The molecule has 36 heavy (non-hydrogen) atoms. The van der Waals surface area contributed by atoms with E-state index in [0.29, 0.717) is 11.3 Å². The van der Waals surface area contributed by atoms with Crippen LogP contribution in [-0.2, 0) is 10.0 Å². The molecule has 0 aliphatic rings. The first-order valence-electron chi connectivity index (χ1n) is 10.8. The molecule has 11 heteroatoms. The molecule has 0 fully saturated rings. The van der Waals surface area contributed by atoms with Gasteiger partial charge in [-0.15, -0.1) is 22.7 Å². The minimum atomic E-state index is -3.77. The summed E-state index contributed by atoms with van der Waals surface area (Å²) >= 11 is 2.84. The third-order valence-corrected chi connectivity index (χ3v) is 8.90. The molecule has 6 rings (SSSR count). The molecule has 0 aliphatic carbocycles. The second-order valence-electron chi connectivity index (χ2n) is 7.93. The number of sulfonamides is 1. The third-order valence-electron chi connectivity index (χ3n) is 5.58. The maximum Gasteiger partial charge on any atom is 0.263 e. The number of thiophene rings is 1. The van der Waals surface area contributed by atoms with E-state index in [2.05, 4.69) is 43.4 Å². The van der Waals surface area contributed by atoms with Crippen LogP contribution >= 0.6 is 22.7 Å². The smallest absolute Gasteiger partial charge is 0.263 e. The fourth-order valence-corrected chi connectivity index (χ4v) is 6.74. The van der Waals surface area contributed by atoms with Gasteiger partial charge in [0.05, 0.1) is 16.6 Å². The van der Waals surface area contributed by atoms with Crippen molar-refractivity contribution in [1.29, 1.82) is 0 Å². The SMILES string of the molecule is O=C(Nc1ccc(S(=O)(=O)Nc2nccs2)cc1)c1cc(-c2cc3ccccc3s2)c2[nH]ncc2c1. The van der Waals surface area contributed by atoms with Crippen LogP contribution in [0.25, 0.3) is 31.4 Å². The van der Waals surface area contributed by atoms with Crippen molar-refractivity contribution in [2.75, 3.05) is 10.0 Å². The van der Waals surface area contributed by atoms with E-state index in [9.17, 15) is 13.2 Å². The number of nitrogens with zero attached hydrogens (tertiary/aromatic N) is 2. The Balaban J connectivity index is 1.28. The number of hydrogen-bond donors (Lipinski definition) is 3. The molecule has 0 atom stereocenters. The molecule has 178 valence electrons. The number of rotatable bonds is 6. The molecular weight excluding hydrogens is 515 g/mol. The van der Waals surface area contributed by atoms with Gasteiger partial charge in [0.25, 0.3) is 15.9 Å². The first-order valence-corrected chi connectivity index (χ1v) is 13.9. The lowest BCUT2D eigenvalue weighted by atomic mass is 10.0. The van der Waals surface area contributed by atoms with Crippen molar-refractivity contribution in [2.45, 2.75) is 4.90 Å². The van der Waals surface area contributed by atoms with Crippen molar-refractivity contribution in [3.8, 4) is 10.4 Å². The van der Waals surface area contributed by atoms with Crippen LogP contribution in [0.15, 0.2) is 89.4 Å². The standard InChI is InChI=1S/C25H17N5O3S3/c31-24(28-18-5-7-19(8-6-18)36(32,33)30-25-26-9-10-34-25)16-11-17-14-27-29-23(17)20(12-16)22-13-15-3-1-2-4-21(15)35-22/h1-14H,(H,26,30)(H,27,29)(H,28,31). The predicted octanol–water partition coefficient (Wildman–Crippen LogP) is 5.95. The minimum absolute atomic E-state index is 0.0718. The molecule has 1 amide bonds. The van der Waals surface area contributed by atoms with Crippen LogP contribution in [0, 0.1) is 0 Å². The van der Waals surface area contributed by atoms with Crippen molar-refractivity contribution < 1.29 is 13.2 Å². The summed E-state index contributed by atoms with van der Waals surface area (Å²) in [5.41, 5.74) is 2.70. The van der Waals surface area contributed by atoms with Crippen molar-refractivity contribution in [1.82, 2.24) is 15.2 Å². The first kappa shape index (κ1) is 22.4. The number of benzene rings is 3. The molecule has 0 bridgehead atoms. The zero-order valence-corrected chi connectivity index (χ0v) is 20.9. The van der Waals surface area contributed by atoms with Gasteiger partial charge in [-0.05, 0) is 53.9 Å². The number of hydrogen-bond acceptors (Lipinski definition) is 7. The summed E-state index contributed by atoms with van der Waals surface area (Å²) in [5, 5.41) is 14.0. The summed E-state index contributed by atoms with van der Waals surface area (Å²) in [4.78, 5) is 18.2. The van der Waals surface area contributed by atoms with E-state index < -0.39 is 10.0 Å². The highest BCUT2D eigenvalue weighted by molar-refractivity contribution is 7.93. The number of carbonyl (C=O) groups excluding carboxylic acids is 1. The Kier molecular flexibility index (Phi) is 5.52. The topological polar surface area (TPSA) is 117 Å². The minimum Gasteiger partial charge on any atom is -0.322 e. The zero-order valence-electron chi connectivity index (χ0n) is 18.4. The van der Waals surface area contributed by atoms with Crippen LogP contribution < -0.4 is 10.0 Å². The molecule has 3 N–H and O–H groups in total. The van der Waals surface area contributed by atoms with E-state index in [4.69, 9.17) is 0 Å². The lowest BCUT2D eigenvalue weighted by Gasteiger charge is -2.09. The molecule has 0 saturated carbocycles. The van der Waals surface area contributed by atoms with Crippen LogP contribution in [0.1, 0.15) is 10.4 Å². The van der Waals surface area contributed by atoms with Gasteiger partial charge >= 0.3 is 0 Å². The Bertz CT molecular complexity index is 1790. The highest BCUT2D eigenvalue weighted by atomic mass is 32.2. The Labute approximate surface area is 213 Å². The molecule has 3 heterocycles. The van der Waals surface area contributed by atoms with Crippen LogP contribution in [-0.4, -0.2) is 29.5 Å². The van der Waals surface area contributed by atoms with Gasteiger partial charge in [0.2, 0.25) is 0 Å². The second kappa shape index (κ2) is 8.86. The highest BCUT2D eigenvalue weighted by Crippen LogP contribution is 2.37. The van der Waals surface area contributed by atoms with E-state index >= 15 is 0 Å². The zero-order chi connectivity index (χ0) is 24.7. The molecular formula is C25H17N5O3S3. The average molecular weight is 532 g/mol. The van der Waals surface area contributed by atoms with Gasteiger partial charge < -0.3 is 5.32 Å². The molecule has 8 nitrogen and oxygen atoms in total. The van der Waals surface area contributed by atoms with Gasteiger partial charge in [0.1, 0.15) is 0 Å². The number of nitrogens with one attached hydrogen (secondary N) is 3. The number of fused-ring (bicyclic) bond motifs is 2. The number of amides is 1. The van der Waals surface area contributed by atoms with Gasteiger partial charge in [0, 0.05) is 43.4 Å². The highest BCUT2D eigenvalue weighted by Gasteiger charge is 2.17. The number of aromatic amines is 1. The molecule has 0 unspecified atom stereocenters. The Hall–Kier alpha value is -4.06. The van der Waals surface area contributed by atoms with Crippen LogP contribution in [0.5, 0.6) is 0 Å². The fourth-order valence-electron chi connectivity index (χ4n) is 3.87. The van der Waals surface area contributed by atoms with Crippen molar-refractivity contribution in [3.05, 3.63) is 90.1 Å². The number of anilines is 2. The number of H-pyrrole nitrogens is 1. The number of carbonyl (C=O) groups is 1. The summed E-state index contributed by atoms with van der Waals surface area (Å²) in [7, 11) is -3.77. The average Bonchev–Trinajstić information content (AvgIpc) is 3.64. The maximum absolute atomic E-state index is 13.2. The van der Waals surface area contributed by atoms with E-state index in [0.717, 1.165) is 31.4 Å². The lowest BCUT2D eigenvalue weighted by Crippen LogP contribution is -2.14. The molecule has 0 aliphatic heterocycles. The first-order chi connectivity index (χ1) is 17.5. The quantitative estimate of drug-likeness (QED) is 0.245. The summed E-state index contributed by atoms with van der Waals surface area (Å²) < 4.78 is 28.7. The van der Waals surface area contributed by atoms with Crippen molar-refractivity contribution in [3.63, 3.8) is 0 Å². The maximum atomic E-state index is 13.2. The van der Waals surface area contributed by atoms with E-state index in [1.807, 2.05) is 18.2 Å². The van der Waals surface area contributed by atoms with Crippen LogP contribution in [0.3, 0.4) is 0 Å². The van der Waals surface area contributed by atoms with Gasteiger partial charge in [-0.25, -0.2) is 13.4 Å². The molecule has 6 aromatic rings. The second-order valence-corrected chi connectivity index (χ2v) is 11.6. The fraction of sp³-hybridized carbons (Fsp3) is 0. The summed E-state index contributed by atoms with van der Waals surface area (Å²) in [6, 6.07) is 19.8. The molecule has 0 saturated heterocycles. The third kappa shape index (κ3) is 4.24. The number of thiazole rings is 1. The van der Waals surface area contributed by atoms with Gasteiger partial charge in [-0.2, -0.15) is 5.10 Å². The van der Waals surface area contributed by atoms with Gasteiger partial charge in [-0.3, -0.25) is 14.6 Å². The molecule has 3 aromatic carbocycles. The largest absolute Gasteiger partial charge is 0.322 e. The lowest BCUT2D eigenvalue weighted by molar-refractivity contribution is 0.102. The Morgan fingerprint density at radius 2 is 1.81 bits per heavy atom. The molecule has 0 spiro atoms. The van der Waals surface area contributed by atoms with E-state index in [1.165, 1.54) is 29.7 Å². The van der Waals surface area contributed by atoms with Crippen molar-refractivity contribution in [2.24, 2.45) is 0 Å². The molecule has 0 radical (unpaired) electrons. The Morgan fingerprint density at radius 3 is 2.58 bits per heavy atom. The predicted molar refractivity (Wildman–Crippen MR) is 144 cm³/mol. The summed E-state index contributed by atoms with van der Waals surface area (Å²) in [6.45, 7) is 0. The van der Waals surface area contributed by atoms with E-state index in [1.54, 1.807) is 41.1 Å². The van der Waals surface area contributed by atoms with E-state index in [-0.39, 0.29) is 15.9 Å².